The zero-order valence-electron chi connectivity index (χ0n) is 7.06. The van der Waals surface area contributed by atoms with Crippen molar-refractivity contribution in [2.75, 3.05) is 26.0 Å². The molecule has 4 nitrogen and oxygen atoms in total. The van der Waals surface area contributed by atoms with Crippen LogP contribution in [0.1, 0.15) is 6.92 Å². The van der Waals surface area contributed by atoms with Crippen molar-refractivity contribution in [3.63, 3.8) is 0 Å². The monoisotopic (exact) mass is 192 g/mol. The van der Waals surface area contributed by atoms with Crippen molar-refractivity contribution < 1.29 is 18.1 Å². The topological polar surface area (TPSA) is 36.9 Å². The van der Waals surface area contributed by atoms with Gasteiger partial charge in [-0.3, -0.25) is 0 Å². The molecule has 70 valence electrons. The minimum absolute atomic E-state index is 0.555. The molecule has 0 unspecified atom stereocenters. The molecule has 0 aromatic rings. The van der Waals surface area contributed by atoms with Gasteiger partial charge in [0.2, 0.25) is 0 Å². The SMILES string of the molecule is CCOP12(CC=CO1)OCCO2. The van der Waals surface area contributed by atoms with Crippen LogP contribution in [0.3, 0.4) is 0 Å². The van der Waals surface area contributed by atoms with Gasteiger partial charge in [0.1, 0.15) is 0 Å². The van der Waals surface area contributed by atoms with Crippen molar-refractivity contribution in [1.29, 1.82) is 0 Å². The Hall–Kier alpha value is -0.150. The molecule has 2 aliphatic rings. The summed E-state index contributed by atoms with van der Waals surface area (Å²) in [5, 5.41) is 0. The predicted molar refractivity (Wildman–Crippen MR) is 45.5 cm³/mol. The van der Waals surface area contributed by atoms with Gasteiger partial charge >= 0.3 is 70.9 Å². The summed E-state index contributed by atoms with van der Waals surface area (Å²) in [6.45, 7) is 3.60. The summed E-state index contributed by atoms with van der Waals surface area (Å²) in [7, 11) is -3.10. The molecular formula is C7H13O4P. The first-order valence-electron chi connectivity index (χ1n) is 4.10. The molecule has 2 rings (SSSR count). The second kappa shape index (κ2) is 2.67. The maximum absolute atomic E-state index is 5.54. The summed E-state index contributed by atoms with van der Waals surface area (Å²) in [6, 6.07) is 0. The van der Waals surface area contributed by atoms with Crippen LogP contribution in [0.15, 0.2) is 12.3 Å². The standard InChI is InChI=1S/C7H13O4P/c1-2-8-12(7-3-4-9-12)10-5-6-11-12/h3-4H,2,5-7H2,1H3. The summed E-state index contributed by atoms with van der Waals surface area (Å²) in [5.41, 5.74) is 0. The Morgan fingerprint density at radius 3 is 2.67 bits per heavy atom. The minimum atomic E-state index is -3.10. The number of rotatable bonds is 2. The maximum atomic E-state index is 5.54. The average Bonchev–Trinajstić information content (AvgIpc) is 2.64. The van der Waals surface area contributed by atoms with Crippen LogP contribution in [0.2, 0.25) is 0 Å². The molecule has 12 heavy (non-hydrogen) atoms. The van der Waals surface area contributed by atoms with Gasteiger partial charge in [-0.25, -0.2) is 0 Å². The van der Waals surface area contributed by atoms with Crippen molar-refractivity contribution >= 4 is 7.51 Å². The first-order chi connectivity index (χ1) is 5.79. The van der Waals surface area contributed by atoms with E-state index in [0.717, 1.165) is 0 Å². The van der Waals surface area contributed by atoms with Crippen molar-refractivity contribution in [1.82, 2.24) is 0 Å². The Labute approximate surface area is 71.7 Å². The first kappa shape index (κ1) is 8.45. The molecule has 5 heteroatoms. The molecular weight excluding hydrogens is 179 g/mol. The van der Waals surface area contributed by atoms with E-state index in [1.165, 1.54) is 0 Å². The number of allylic oxidation sites excluding steroid dienone is 1. The van der Waals surface area contributed by atoms with E-state index in [-0.39, 0.29) is 0 Å². The van der Waals surface area contributed by atoms with Gasteiger partial charge in [0.15, 0.2) is 0 Å². The van der Waals surface area contributed by atoms with E-state index in [1.54, 1.807) is 6.26 Å². The molecule has 0 saturated carbocycles. The third-order valence-electron chi connectivity index (χ3n) is 1.91. The normalized spacial score (nSPS) is 32.9. The van der Waals surface area contributed by atoms with Crippen LogP contribution in [-0.4, -0.2) is 26.0 Å². The summed E-state index contributed by atoms with van der Waals surface area (Å²) >= 11 is 0. The molecule has 1 spiro atoms. The van der Waals surface area contributed by atoms with Crippen molar-refractivity contribution in [3.05, 3.63) is 12.3 Å². The summed E-state index contributed by atoms with van der Waals surface area (Å²) < 4.78 is 22.0. The number of hydrogen-bond acceptors (Lipinski definition) is 4. The fraction of sp³-hybridized carbons (Fsp3) is 0.714. The summed E-state index contributed by atoms with van der Waals surface area (Å²) in [6.07, 6.45) is 4.12. The van der Waals surface area contributed by atoms with Crippen LogP contribution >= 0.6 is 7.51 Å². The predicted octanol–water partition coefficient (Wildman–Crippen LogP) is 1.83. The van der Waals surface area contributed by atoms with Gasteiger partial charge in [-0.05, 0) is 0 Å². The molecule has 0 aromatic heterocycles. The van der Waals surface area contributed by atoms with Crippen molar-refractivity contribution in [3.8, 4) is 0 Å². The van der Waals surface area contributed by atoms with Crippen LogP contribution in [0.25, 0.3) is 0 Å². The Bertz CT molecular complexity index is 197. The van der Waals surface area contributed by atoms with Crippen LogP contribution in [-0.2, 0) is 18.1 Å². The summed E-state index contributed by atoms with van der Waals surface area (Å²) in [5.74, 6) is 0. The third-order valence-corrected chi connectivity index (χ3v) is 5.36. The quantitative estimate of drug-likeness (QED) is 0.625. The van der Waals surface area contributed by atoms with E-state index in [2.05, 4.69) is 0 Å². The van der Waals surface area contributed by atoms with E-state index in [4.69, 9.17) is 18.1 Å². The molecule has 0 amide bonds. The average molecular weight is 192 g/mol. The second-order valence-corrected chi connectivity index (χ2v) is 5.99. The molecule has 2 aliphatic heterocycles. The molecule has 0 atom stereocenters. The van der Waals surface area contributed by atoms with E-state index in [9.17, 15) is 0 Å². The molecule has 0 N–H and O–H groups in total. The van der Waals surface area contributed by atoms with Crippen LogP contribution in [0, 0.1) is 0 Å². The molecule has 0 aliphatic carbocycles. The second-order valence-electron chi connectivity index (χ2n) is 2.71. The Morgan fingerprint density at radius 2 is 2.17 bits per heavy atom. The molecule has 0 bridgehead atoms. The Balaban J connectivity index is 2.20. The van der Waals surface area contributed by atoms with Gasteiger partial charge in [-0.2, -0.15) is 0 Å². The zero-order valence-corrected chi connectivity index (χ0v) is 7.96. The van der Waals surface area contributed by atoms with Crippen LogP contribution in [0.4, 0.5) is 0 Å². The van der Waals surface area contributed by atoms with Gasteiger partial charge in [-0.1, -0.05) is 0 Å². The van der Waals surface area contributed by atoms with Crippen molar-refractivity contribution in [2.24, 2.45) is 0 Å². The molecule has 0 radical (unpaired) electrons. The van der Waals surface area contributed by atoms with E-state index < -0.39 is 7.51 Å². The van der Waals surface area contributed by atoms with Crippen LogP contribution in [0.5, 0.6) is 0 Å². The summed E-state index contributed by atoms with van der Waals surface area (Å²) in [4.78, 5) is 0. The number of hydrogen-bond donors (Lipinski definition) is 0. The molecule has 0 aromatic carbocycles. The van der Waals surface area contributed by atoms with Crippen LogP contribution < -0.4 is 0 Å². The van der Waals surface area contributed by atoms with E-state index in [0.29, 0.717) is 26.0 Å². The van der Waals surface area contributed by atoms with Crippen molar-refractivity contribution in [2.45, 2.75) is 6.92 Å². The zero-order chi connectivity index (χ0) is 8.52. The van der Waals surface area contributed by atoms with Gasteiger partial charge in [-0.15, -0.1) is 0 Å². The Morgan fingerprint density at radius 1 is 1.42 bits per heavy atom. The first-order valence-corrected chi connectivity index (χ1v) is 6.19. The van der Waals surface area contributed by atoms with Gasteiger partial charge in [0.05, 0.1) is 0 Å². The fourth-order valence-corrected chi connectivity index (χ4v) is 4.37. The molecule has 1 saturated heterocycles. The molecule has 2 heterocycles. The van der Waals surface area contributed by atoms with E-state index in [1.807, 2.05) is 13.0 Å². The van der Waals surface area contributed by atoms with E-state index >= 15 is 0 Å². The van der Waals surface area contributed by atoms with Gasteiger partial charge in [0, 0.05) is 0 Å². The third kappa shape index (κ3) is 1.07. The van der Waals surface area contributed by atoms with Gasteiger partial charge < -0.3 is 0 Å². The molecule has 1 fully saturated rings. The Kier molecular flexibility index (Phi) is 1.88. The van der Waals surface area contributed by atoms with Gasteiger partial charge in [0.25, 0.3) is 0 Å². The fourth-order valence-electron chi connectivity index (χ4n) is 1.46.